The number of hydrogen-bond donors (Lipinski definition) is 1. The lowest BCUT2D eigenvalue weighted by molar-refractivity contribution is 0.277. The molecule has 4 nitrogen and oxygen atoms in total. The number of hydrogen-bond acceptors (Lipinski definition) is 4. The number of rotatable bonds is 4. The van der Waals surface area contributed by atoms with Crippen LogP contribution in [0.15, 0.2) is 10.7 Å². The van der Waals surface area contributed by atoms with Crippen molar-refractivity contribution < 1.29 is 0 Å². The Morgan fingerprint density at radius 2 is 2.47 bits per heavy atom. The number of nitrogens with zero attached hydrogens (tertiary/aromatic N) is 3. The van der Waals surface area contributed by atoms with E-state index >= 15 is 0 Å². The van der Waals surface area contributed by atoms with E-state index in [9.17, 15) is 0 Å². The summed E-state index contributed by atoms with van der Waals surface area (Å²) in [5.41, 5.74) is 0. The van der Waals surface area contributed by atoms with Crippen LogP contribution in [-0.4, -0.2) is 40.5 Å². The fourth-order valence-electron chi connectivity index (χ4n) is 2.23. The molecule has 1 aliphatic rings. The van der Waals surface area contributed by atoms with Gasteiger partial charge in [-0.15, -0.1) is 0 Å². The minimum absolute atomic E-state index is 0.273. The summed E-state index contributed by atoms with van der Waals surface area (Å²) >= 11 is 9.19. The Labute approximate surface area is 115 Å². The van der Waals surface area contributed by atoms with Crippen molar-refractivity contribution in [3.05, 3.63) is 16.0 Å². The van der Waals surface area contributed by atoms with Crippen LogP contribution in [0.5, 0.6) is 0 Å². The van der Waals surface area contributed by atoms with E-state index in [0.29, 0.717) is 6.04 Å². The fraction of sp³-hybridized carbons (Fsp3) is 0.636. The van der Waals surface area contributed by atoms with Gasteiger partial charge < -0.3 is 5.32 Å². The quantitative estimate of drug-likeness (QED) is 0.867. The summed E-state index contributed by atoms with van der Waals surface area (Å²) in [7, 11) is 0. The highest BCUT2D eigenvalue weighted by Gasteiger charge is 2.22. The smallest absolute Gasteiger partial charge is 0.224 e. The van der Waals surface area contributed by atoms with Crippen LogP contribution in [0.4, 0.5) is 5.82 Å². The largest absolute Gasteiger partial charge is 0.367 e. The molecule has 1 fully saturated rings. The predicted octanol–water partition coefficient (Wildman–Crippen LogP) is 2.79. The van der Waals surface area contributed by atoms with Gasteiger partial charge in [0.15, 0.2) is 0 Å². The number of aromatic nitrogens is 2. The van der Waals surface area contributed by atoms with Crippen LogP contribution < -0.4 is 5.32 Å². The van der Waals surface area contributed by atoms with E-state index in [4.69, 9.17) is 11.6 Å². The van der Waals surface area contributed by atoms with E-state index < -0.39 is 0 Å². The number of likely N-dealkylation sites (N-methyl/N-ethyl adjacent to an activating group) is 1. The zero-order chi connectivity index (χ0) is 12.3. The zero-order valence-electron chi connectivity index (χ0n) is 9.79. The van der Waals surface area contributed by atoms with E-state index in [1.807, 2.05) is 0 Å². The molecule has 1 aliphatic heterocycles. The van der Waals surface area contributed by atoms with Crippen molar-refractivity contribution in [1.82, 2.24) is 14.9 Å². The van der Waals surface area contributed by atoms with Crippen molar-refractivity contribution in [3.8, 4) is 0 Å². The monoisotopic (exact) mass is 318 g/mol. The molecule has 2 heterocycles. The van der Waals surface area contributed by atoms with Crippen LogP contribution >= 0.6 is 27.5 Å². The van der Waals surface area contributed by atoms with Crippen molar-refractivity contribution in [2.24, 2.45) is 0 Å². The van der Waals surface area contributed by atoms with Gasteiger partial charge in [-0.2, -0.15) is 4.98 Å². The first-order chi connectivity index (χ1) is 8.20. The van der Waals surface area contributed by atoms with Crippen LogP contribution in [0.25, 0.3) is 0 Å². The van der Waals surface area contributed by atoms with Gasteiger partial charge in [0.25, 0.3) is 0 Å². The average molecular weight is 320 g/mol. The van der Waals surface area contributed by atoms with Crippen LogP contribution in [0.3, 0.4) is 0 Å². The number of likely N-dealkylation sites (tertiary alicyclic amines) is 1. The Bertz CT molecular complexity index is 388. The maximum atomic E-state index is 5.77. The highest BCUT2D eigenvalue weighted by Crippen LogP contribution is 2.22. The molecule has 0 aromatic carbocycles. The Hall–Kier alpha value is -0.390. The van der Waals surface area contributed by atoms with Gasteiger partial charge in [-0.05, 0) is 53.5 Å². The highest BCUT2D eigenvalue weighted by molar-refractivity contribution is 9.10. The van der Waals surface area contributed by atoms with Crippen LogP contribution in [0.2, 0.25) is 5.28 Å². The molecule has 1 N–H and O–H groups in total. The molecule has 6 heteroatoms. The third-order valence-corrected chi connectivity index (χ3v) is 3.89. The topological polar surface area (TPSA) is 41.0 Å². The van der Waals surface area contributed by atoms with Crippen molar-refractivity contribution in [3.63, 3.8) is 0 Å². The van der Waals surface area contributed by atoms with Crippen molar-refractivity contribution in [2.45, 2.75) is 25.8 Å². The average Bonchev–Trinajstić information content (AvgIpc) is 2.77. The summed E-state index contributed by atoms with van der Waals surface area (Å²) < 4.78 is 0.850. The first-order valence-electron chi connectivity index (χ1n) is 5.86. The highest BCUT2D eigenvalue weighted by atomic mass is 79.9. The molecule has 1 aromatic heterocycles. The second-order valence-corrected chi connectivity index (χ2v) is 5.33. The van der Waals surface area contributed by atoms with E-state index in [1.54, 1.807) is 6.20 Å². The summed E-state index contributed by atoms with van der Waals surface area (Å²) in [4.78, 5) is 10.6. The van der Waals surface area contributed by atoms with Gasteiger partial charge in [-0.3, -0.25) is 4.90 Å². The van der Waals surface area contributed by atoms with Gasteiger partial charge in [-0.1, -0.05) is 6.92 Å². The molecule has 0 radical (unpaired) electrons. The summed E-state index contributed by atoms with van der Waals surface area (Å²) in [6.45, 7) is 5.42. The first kappa shape index (κ1) is 13.1. The minimum atomic E-state index is 0.273. The first-order valence-corrected chi connectivity index (χ1v) is 7.03. The van der Waals surface area contributed by atoms with Gasteiger partial charge in [0, 0.05) is 18.8 Å². The molecule has 0 bridgehead atoms. The van der Waals surface area contributed by atoms with E-state index in [0.717, 1.165) is 23.4 Å². The molecule has 0 spiro atoms. The van der Waals surface area contributed by atoms with Gasteiger partial charge >= 0.3 is 0 Å². The summed E-state index contributed by atoms with van der Waals surface area (Å²) in [6, 6.07) is 0.598. The number of nitrogens with one attached hydrogen (secondary N) is 1. The standard InChI is InChI=1S/C11H16BrClN4/c1-2-17-5-3-4-8(17)6-14-10-9(12)7-15-11(13)16-10/h7-8H,2-6H2,1H3,(H,14,15,16). The van der Waals surface area contributed by atoms with Crippen LogP contribution in [0.1, 0.15) is 19.8 Å². The second kappa shape index (κ2) is 5.98. The minimum Gasteiger partial charge on any atom is -0.367 e. The Morgan fingerprint density at radius 3 is 3.24 bits per heavy atom. The van der Waals surface area contributed by atoms with Gasteiger partial charge in [-0.25, -0.2) is 4.98 Å². The Balaban J connectivity index is 1.95. The Morgan fingerprint density at radius 1 is 1.65 bits per heavy atom. The fourth-order valence-corrected chi connectivity index (χ4v) is 2.69. The lowest BCUT2D eigenvalue weighted by Gasteiger charge is -2.23. The second-order valence-electron chi connectivity index (χ2n) is 4.14. The molecular weight excluding hydrogens is 304 g/mol. The predicted molar refractivity (Wildman–Crippen MR) is 73.5 cm³/mol. The van der Waals surface area contributed by atoms with E-state index in [1.165, 1.54) is 19.4 Å². The normalized spacial score (nSPS) is 20.8. The van der Waals surface area contributed by atoms with Gasteiger partial charge in [0.05, 0.1) is 4.47 Å². The van der Waals surface area contributed by atoms with Gasteiger partial charge in [0.1, 0.15) is 5.82 Å². The van der Waals surface area contributed by atoms with Crippen molar-refractivity contribution in [2.75, 3.05) is 25.0 Å². The molecular formula is C11H16BrClN4. The van der Waals surface area contributed by atoms with Crippen LogP contribution in [0, 0.1) is 0 Å². The van der Waals surface area contributed by atoms with Crippen molar-refractivity contribution >= 4 is 33.3 Å². The van der Waals surface area contributed by atoms with E-state index in [-0.39, 0.29) is 5.28 Å². The molecule has 0 saturated carbocycles. The molecule has 2 rings (SSSR count). The molecule has 1 aromatic rings. The maximum absolute atomic E-state index is 5.77. The Kier molecular flexibility index (Phi) is 4.59. The number of halogens is 2. The lowest BCUT2D eigenvalue weighted by atomic mass is 10.2. The third kappa shape index (κ3) is 3.30. The maximum Gasteiger partial charge on any atom is 0.224 e. The summed E-state index contributed by atoms with van der Waals surface area (Å²) in [5.74, 6) is 0.771. The SMILES string of the molecule is CCN1CCCC1CNc1nc(Cl)ncc1Br. The van der Waals surface area contributed by atoms with Crippen LogP contribution in [-0.2, 0) is 0 Å². The molecule has 17 heavy (non-hydrogen) atoms. The molecule has 94 valence electrons. The molecule has 1 saturated heterocycles. The lowest BCUT2D eigenvalue weighted by Crippen LogP contribution is -2.34. The van der Waals surface area contributed by atoms with Crippen molar-refractivity contribution in [1.29, 1.82) is 0 Å². The number of anilines is 1. The molecule has 0 aliphatic carbocycles. The summed E-state index contributed by atoms with van der Waals surface area (Å²) in [6.07, 6.45) is 4.20. The molecule has 0 amide bonds. The summed E-state index contributed by atoms with van der Waals surface area (Å²) in [5, 5.41) is 3.61. The van der Waals surface area contributed by atoms with Gasteiger partial charge in [0.2, 0.25) is 5.28 Å². The van der Waals surface area contributed by atoms with E-state index in [2.05, 4.69) is 43.0 Å². The molecule has 1 atom stereocenters. The molecule has 1 unspecified atom stereocenters. The third-order valence-electron chi connectivity index (χ3n) is 3.13. The zero-order valence-corrected chi connectivity index (χ0v) is 12.1.